The lowest BCUT2D eigenvalue weighted by Gasteiger charge is -2.13. The quantitative estimate of drug-likeness (QED) is 0.608. The first-order valence-electron chi connectivity index (χ1n) is 6.16. The largest absolute Gasteiger partial charge is 0.507 e. The topological polar surface area (TPSA) is 66.8 Å². The molecular formula is C15H14O4. The Morgan fingerprint density at radius 3 is 2.53 bits per heavy atom. The van der Waals surface area contributed by atoms with Crippen molar-refractivity contribution in [2.75, 3.05) is 0 Å². The number of aromatic hydroxyl groups is 2. The maximum atomic E-state index is 11.8. The van der Waals surface area contributed by atoms with Gasteiger partial charge in [-0.3, -0.25) is 0 Å². The summed E-state index contributed by atoms with van der Waals surface area (Å²) < 4.78 is 5.10. The van der Waals surface area contributed by atoms with Crippen LogP contribution in [0.3, 0.4) is 0 Å². The predicted octanol–water partition coefficient (Wildman–Crippen LogP) is 3.22. The molecule has 4 heteroatoms. The van der Waals surface area contributed by atoms with Gasteiger partial charge in [-0.2, -0.15) is 0 Å². The van der Waals surface area contributed by atoms with E-state index in [9.17, 15) is 15.0 Å². The van der Waals surface area contributed by atoms with E-state index in [1.807, 2.05) is 19.9 Å². The van der Waals surface area contributed by atoms with E-state index >= 15 is 0 Å². The van der Waals surface area contributed by atoms with Crippen LogP contribution in [0.2, 0.25) is 0 Å². The molecule has 1 aliphatic heterocycles. The number of carbonyl (C=O) groups is 1. The van der Waals surface area contributed by atoms with E-state index in [1.165, 1.54) is 0 Å². The average molecular weight is 258 g/mol. The Morgan fingerprint density at radius 2 is 1.89 bits per heavy atom. The summed E-state index contributed by atoms with van der Waals surface area (Å²) in [6.07, 6.45) is 0. The Morgan fingerprint density at radius 1 is 1.21 bits per heavy atom. The van der Waals surface area contributed by atoms with Crippen LogP contribution in [0.25, 0.3) is 10.8 Å². The van der Waals surface area contributed by atoms with Gasteiger partial charge in [0.1, 0.15) is 11.3 Å². The van der Waals surface area contributed by atoms with Crippen LogP contribution < -0.4 is 4.74 Å². The molecule has 0 aliphatic carbocycles. The van der Waals surface area contributed by atoms with E-state index < -0.39 is 5.97 Å². The minimum Gasteiger partial charge on any atom is -0.507 e. The second kappa shape index (κ2) is 3.63. The number of carbonyl (C=O) groups excluding carboxylic acids is 1. The molecule has 2 aromatic rings. The molecule has 3 rings (SSSR count). The molecule has 0 bridgehead atoms. The molecule has 0 spiro atoms. The fourth-order valence-corrected chi connectivity index (χ4v) is 2.61. The van der Waals surface area contributed by atoms with Crippen LogP contribution in [0, 0.1) is 6.92 Å². The van der Waals surface area contributed by atoms with Crippen molar-refractivity contribution in [3.63, 3.8) is 0 Å². The van der Waals surface area contributed by atoms with Crippen LogP contribution in [0.4, 0.5) is 0 Å². The van der Waals surface area contributed by atoms with Gasteiger partial charge in [0, 0.05) is 5.39 Å². The molecule has 0 saturated heterocycles. The van der Waals surface area contributed by atoms with Crippen molar-refractivity contribution in [2.24, 2.45) is 0 Å². The van der Waals surface area contributed by atoms with Gasteiger partial charge in [0.2, 0.25) is 0 Å². The number of hydrogen-bond acceptors (Lipinski definition) is 4. The number of ether oxygens (including phenoxy) is 1. The first-order valence-corrected chi connectivity index (χ1v) is 6.16. The van der Waals surface area contributed by atoms with Crippen LogP contribution in [0.15, 0.2) is 12.1 Å². The molecule has 2 N–H and O–H groups in total. The maximum absolute atomic E-state index is 11.8. The Labute approximate surface area is 110 Å². The predicted molar refractivity (Wildman–Crippen MR) is 71.1 cm³/mol. The Hall–Kier alpha value is -2.23. The number of rotatable bonds is 1. The highest BCUT2D eigenvalue weighted by Gasteiger charge is 2.32. The molecule has 0 amide bonds. The molecule has 1 heterocycles. The number of aryl methyl sites for hydroxylation is 1. The molecule has 98 valence electrons. The van der Waals surface area contributed by atoms with Crippen LogP contribution in [0.1, 0.15) is 41.3 Å². The molecule has 2 aromatic carbocycles. The summed E-state index contributed by atoms with van der Waals surface area (Å²) in [7, 11) is 0. The van der Waals surface area contributed by atoms with Crippen LogP contribution in [0.5, 0.6) is 17.2 Å². The van der Waals surface area contributed by atoms with E-state index in [1.54, 1.807) is 13.0 Å². The van der Waals surface area contributed by atoms with Gasteiger partial charge in [-0.25, -0.2) is 4.79 Å². The van der Waals surface area contributed by atoms with Crippen molar-refractivity contribution in [3.05, 3.63) is 28.8 Å². The number of hydrogen-bond donors (Lipinski definition) is 2. The van der Waals surface area contributed by atoms with Crippen LogP contribution in [-0.4, -0.2) is 16.2 Å². The molecule has 0 radical (unpaired) electrons. The summed E-state index contributed by atoms with van der Waals surface area (Å²) in [5, 5.41) is 21.4. The average Bonchev–Trinajstić information content (AvgIpc) is 2.68. The lowest BCUT2D eigenvalue weighted by Crippen LogP contribution is -2.01. The molecule has 0 saturated carbocycles. The molecule has 4 nitrogen and oxygen atoms in total. The molecule has 0 aromatic heterocycles. The molecule has 0 fully saturated rings. The second-order valence-corrected chi connectivity index (χ2v) is 5.20. The number of phenolic OH excluding ortho intramolecular Hbond substituents is 2. The number of esters is 1. The second-order valence-electron chi connectivity index (χ2n) is 5.20. The molecular weight excluding hydrogens is 244 g/mol. The van der Waals surface area contributed by atoms with E-state index in [-0.39, 0.29) is 28.7 Å². The minimum atomic E-state index is -0.617. The van der Waals surface area contributed by atoms with E-state index in [0.29, 0.717) is 10.9 Å². The summed E-state index contributed by atoms with van der Waals surface area (Å²) in [6.45, 7) is 5.78. The summed E-state index contributed by atoms with van der Waals surface area (Å²) >= 11 is 0. The van der Waals surface area contributed by atoms with Gasteiger partial charge < -0.3 is 14.9 Å². The minimum absolute atomic E-state index is 0.0418. The van der Waals surface area contributed by atoms with Crippen molar-refractivity contribution < 1.29 is 19.7 Å². The standard InChI is InChI=1S/C15H14O4/c1-6(2)8-5-10(16)12-11-9(8)4-7(3)13(17)14(11)19-15(12)18/h4-6,16-17H,1-3H3. The summed E-state index contributed by atoms with van der Waals surface area (Å²) in [5.41, 5.74) is 1.72. The fraction of sp³-hybridized carbons (Fsp3) is 0.267. The van der Waals surface area contributed by atoms with Gasteiger partial charge in [0.25, 0.3) is 0 Å². The Balaban J connectivity index is 2.57. The SMILES string of the molecule is Cc1cc2c(C(C)C)cc(O)c3c2c(c1O)OC3=O. The first-order chi connectivity index (χ1) is 8.91. The van der Waals surface area contributed by atoms with E-state index in [0.717, 1.165) is 10.9 Å². The van der Waals surface area contributed by atoms with Crippen molar-refractivity contribution in [2.45, 2.75) is 26.7 Å². The third-order valence-electron chi connectivity index (χ3n) is 3.58. The van der Waals surface area contributed by atoms with E-state index in [4.69, 9.17) is 4.74 Å². The van der Waals surface area contributed by atoms with Gasteiger partial charge in [0.05, 0.1) is 0 Å². The Kier molecular flexibility index (Phi) is 2.26. The van der Waals surface area contributed by atoms with Crippen molar-refractivity contribution in [3.8, 4) is 17.2 Å². The third kappa shape index (κ3) is 1.43. The molecule has 0 unspecified atom stereocenters. The summed E-state index contributed by atoms with van der Waals surface area (Å²) in [4.78, 5) is 11.8. The molecule has 19 heavy (non-hydrogen) atoms. The zero-order valence-corrected chi connectivity index (χ0v) is 10.9. The monoisotopic (exact) mass is 258 g/mol. The zero-order valence-electron chi connectivity index (χ0n) is 10.9. The zero-order chi connectivity index (χ0) is 13.9. The summed E-state index contributed by atoms with van der Waals surface area (Å²) in [5.74, 6) is -0.405. The van der Waals surface area contributed by atoms with Gasteiger partial charge in [-0.15, -0.1) is 0 Å². The van der Waals surface area contributed by atoms with Crippen molar-refractivity contribution in [1.29, 1.82) is 0 Å². The van der Waals surface area contributed by atoms with Crippen LogP contribution in [-0.2, 0) is 0 Å². The number of phenols is 2. The number of benzene rings is 2. The van der Waals surface area contributed by atoms with Gasteiger partial charge in [-0.05, 0) is 41.5 Å². The van der Waals surface area contributed by atoms with Crippen LogP contribution >= 0.6 is 0 Å². The lowest BCUT2D eigenvalue weighted by atomic mass is 9.91. The van der Waals surface area contributed by atoms with Gasteiger partial charge in [-0.1, -0.05) is 13.8 Å². The highest BCUT2D eigenvalue weighted by atomic mass is 16.5. The molecule has 1 aliphatic rings. The molecule has 0 atom stereocenters. The first kappa shape index (κ1) is 11.8. The smallest absolute Gasteiger partial charge is 0.348 e. The Bertz CT molecular complexity index is 729. The van der Waals surface area contributed by atoms with Gasteiger partial charge in [0.15, 0.2) is 11.5 Å². The fourth-order valence-electron chi connectivity index (χ4n) is 2.61. The lowest BCUT2D eigenvalue weighted by molar-refractivity contribution is 0.0747. The van der Waals surface area contributed by atoms with Gasteiger partial charge >= 0.3 is 5.97 Å². The third-order valence-corrected chi connectivity index (χ3v) is 3.58. The normalized spacial score (nSPS) is 13.4. The van der Waals surface area contributed by atoms with Crippen molar-refractivity contribution in [1.82, 2.24) is 0 Å². The summed E-state index contributed by atoms with van der Waals surface area (Å²) in [6, 6.07) is 3.43. The van der Waals surface area contributed by atoms with E-state index in [2.05, 4.69) is 0 Å². The highest BCUT2D eigenvalue weighted by molar-refractivity contribution is 6.16. The van der Waals surface area contributed by atoms with Crippen molar-refractivity contribution >= 4 is 16.7 Å². The highest BCUT2D eigenvalue weighted by Crippen LogP contribution is 2.48. The maximum Gasteiger partial charge on any atom is 0.348 e.